The quantitative estimate of drug-likeness (QED) is 0.643. The molecule has 1 heterocycles. The number of aryl methyl sites for hydroxylation is 2. The van der Waals surface area contributed by atoms with E-state index in [0.29, 0.717) is 11.3 Å². The predicted octanol–water partition coefficient (Wildman–Crippen LogP) is 0.840. The highest BCUT2D eigenvalue weighted by Crippen LogP contribution is 2.23. The fourth-order valence-electron chi connectivity index (χ4n) is 1.71. The first-order valence-electron chi connectivity index (χ1n) is 5.75. The minimum atomic E-state index is -1.64. The van der Waals surface area contributed by atoms with E-state index in [4.69, 9.17) is 10.0 Å². The SMILES string of the molecule is Cc1cc(SCc2ccc(B(O)O)cc2F)n(C)n1. The van der Waals surface area contributed by atoms with E-state index in [0.717, 1.165) is 16.8 Å². The summed E-state index contributed by atoms with van der Waals surface area (Å²) in [5, 5.41) is 23.1. The molecule has 1 aromatic carbocycles. The number of halogens is 1. The van der Waals surface area contributed by atoms with Crippen molar-refractivity contribution in [3.05, 3.63) is 41.3 Å². The van der Waals surface area contributed by atoms with Crippen LogP contribution in [0.25, 0.3) is 0 Å². The lowest BCUT2D eigenvalue weighted by Gasteiger charge is -2.06. The lowest BCUT2D eigenvalue weighted by molar-refractivity contribution is 0.425. The molecule has 2 N–H and O–H groups in total. The third kappa shape index (κ3) is 3.37. The monoisotopic (exact) mass is 280 g/mol. The molecule has 100 valence electrons. The number of nitrogens with zero attached hydrogens (tertiary/aromatic N) is 2. The van der Waals surface area contributed by atoms with E-state index in [-0.39, 0.29) is 5.46 Å². The summed E-state index contributed by atoms with van der Waals surface area (Å²) in [6, 6.07) is 6.17. The third-order valence-corrected chi connectivity index (χ3v) is 3.84. The molecule has 0 amide bonds. The fraction of sp³-hybridized carbons (Fsp3) is 0.250. The maximum atomic E-state index is 13.8. The molecule has 0 aliphatic rings. The molecule has 0 fully saturated rings. The average Bonchev–Trinajstić information content (AvgIpc) is 2.66. The van der Waals surface area contributed by atoms with Crippen LogP contribution in [0.5, 0.6) is 0 Å². The first kappa shape index (κ1) is 14.1. The summed E-state index contributed by atoms with van der Waals surface area (Å²) in [6.07, 6.45) is 0. The van der Waals surface area contributed by atoms with Gasteiger partial charge in [0.15, 0.2) is 0 Å². The van der Waals surface area contributed by atoms with Gasteiger partial charge in [0.05, 0.1) is 10.7 Å². The molecule has 0 aliphatic carbocycles. The minimum Gasteiger partial charge on any atom is -0.423 e. The van der Waals surface area contributed by atoms with Crippen molar-refractivity contribution in [2.24, 2.45) is 7.05 Å². The third-order valence-electron chi connectivity index (χ3n) is 2.71. The number of hydrogen-bond acceptors (Lipinski definition) is 4. The van der Waals surface area contributed by atoms with E-state index in [1.165, 1.54) is 17.8 Å². The number of benzene rings is 1. The van der Waals surface area contributed by atoms with Crippen molar-refractivity contribution < 1.29 is 14.4 Å². The van der Waals surface area contributed by atoms with Crippen LogP contribution >= 0.6 is 11.8 Å². The van der Waals surface area contributed by atoms with Crippen LogP contribution in [0, 0.1) is 12.7 Å². The number of hydrogen-bond donors (Lipinski definition) is 2. The second-order valence-corrected chi connectivity index (χ2v) is 5.26. The van der Waals surface area contributed by atoms with E-state index >= 15 is 0 Å². The van der Waals surface area contributed by atoms with Gasteiger partial charge in [-0.2, -0.15) is 5.10 Å². The van der Waals surface area contributed by atoms with E-state index in [2.05, 4.69) is 5.10 Å². The highest BCUT2D eigenvalue weighted by Gasteiger charge is 2.14. The molecule has 0 aliphatic heterocycles. The maximum Gasteiger partial charge on any atom is 0.488 e. The molecule has 1 aromatic heterocycles. The average molecular weight is 280 g/mol. The molecule has 4 nitrogen and oxygen atoms in total. The molecular weight excluding hydrogens is 266 g/mol. The number of aromatic nitrogens is 2. The first-order valence-corrected chi connectivity index (χ1v) is 6.74. The van der Waals surface area contributed by atoms with Gasteiger partial charge in [0.1, 0.15) is 5.82 Å². The molecule has 2 aromatic rings. The van der Waals surface area contributed by atoms with Gasteiger partial charge in [0.25, 0.3) is 0 Å². The molecule has 0 unspecified atom stereocenters. The normalized spacial score (nSPS) is 10.8. The smallest absolute Gasteiger partial charge is 0.423 e. The van der Waals surface area contributed by atoms with Gasteiger partial charge >= 0.3 is 7.12 Å². The van der Waals surface area contributed by atoms with Crippen LogP contribution in [0.15, 0.2) is 29.3 Å². The van der Waals surface area contributed by atoms with Crippen molar-refractivity contribution in [3.63, 3.8) is 0 Å². The van der Waals surface area contributed by atoms with E-state index < -0.39 is 12.9 Å². The topological polar surface area (TPSA) is 58.3 Å². The fourth-order valence-corrected chi connectivity index (χ4v) is 2.73. The Morgan fingerprint density at radius 1 is 1.37 bits per heavy atom. The molecule has 7 heteroatoms. The molecule has 19 heavy (non-hydrogen) atoms. The van der Waals surface area contributed by atoms with Crippen LogP contribution in [0.3, 0.4) is 0 Å². The molecule has 0 bridgehead atoms. The first-order chi connectivity index (χ1) is 8.97. The van der Waals surface area contributed by atoms with Gasteiger partial charge in [-0.3, -0.25) is 4.68 Å². The van der Waals surface area contributed by atoms with Crippen molar-refractivity contribution in [2.45, 2.75) is 17.7 Å². The Kier molecular flexibility index (Phi) is 4.29. The summed E-state index contributed by atoms with van der Waals surface area (Å²) in [4.78, 5) is 0. The minimum absolute atomic E-state index is 0.155. The predicted molar refractivity (Wildman–Crippen MR) is 73.7 cm³/mol. The Morgan fingerprint density at radius 3 is 2.63 bits per heavy atom. The summed E-state index contributed by atoms with van der Waals surface area (Å²) in [5.41, 5.74) is 1.60. The van der Waals surface area contributed by atoms with Crippen molar-refractivity contribution in [1.82, 2.24) is 9.78 Å². The molecule has 0 atom stereocenters. The molecule has 2 rings (SSSR count). The van der Waals surface area contributed by atoms with Crippen molar-refractivity contribution in [2.75, 3.05) is 0 Å². The van der Waals surface area contributed by atoms with E-state index in [1.807, 2.05) is 20.0 Å². The molecule has 0 spiro atoms. The summed E-state index contributed by atoms with van der Waals surface area (Å²) >= 11 is 1.48. The van der Waals surface area contributed by atoms with Gasteiger partial charge in [-0.1, -0.05) is 12.1 Å². The van der Waals surface area contributed by atoms with E-state index in [9.17, 15) is 4.39 Å². The lowest BCUT2D eigenvalue weighted by Crippen LogP contribution is -2.30. The second-order valence-electron chi connectivity index (χ2n) is 4.26. The summed E-state index contributed by atoms with van der Waals surface area (Å²) in [7, 11) is 0.201. The van der Waals surface area contributed by atoms with Gasteiger partial charge in [0.2, 0.25) is 0 Å². The molecular formula is C12H14BFN2O2S. The Bertz CT molecular complexity index is 589. The zero-order valence-corrected chi connectivity index (χ0v) is 11.5. The van der Waals surface area contributed by atoms with Crippen LogP contribution in [-0.4, -0.2) is 26.9 Å². The van der Waals surface area contributed by atoms with Crippen LogP contribution in [0.4, 0.5) is 4.39 Å². The van der Waals surface area contributed by atoms with Crippen molar-refractivity contribution >= 4 is 24.3 Å². The highest BCUT2D eigenvalue weighted by molar-refractivity contribution is 7.98. The zero-order chi connectivity index (χ0) is 14.0. The van der Waals surface area contributed by atoms with Gasteiger partial charge in [-0.05, 0) is 30.1 Å². The Labute approximate surface area is 115 Å². The second kappa shape index (κ2) is 5.77. The summed E-state index contributed by atoms with van der Waals surface area (Å²) in [5.74, 6) is 0.0315. The number of rotatable bonds is 4. The van der Waals surface area contributed by atoms with Gasteiger partial charge in [-0.25, -0.2) is 4.39 Å². The van der Waals surface area contributed by atoms with Crippen LogP contribution in [-0.2, 0) is 12.8 Å². The van der Waals surface area contributed by atoms with Crippen molar-refractivity contribution in [3.8, 4) is 0 Å². The largest absolute Gasteiger partial charge is 0.488 e. The van der Waals surface area contributed by atoms with Gasteiger partial charge < -0.3 is 10.0 Å². The summed E-state index contributed by atoms with van der Waals surface area (Å²) in [6.45, 7) is 1.90. The lowest BCUT2D eigenvalue weighted by atomic mass is 9.80. The highest BCUT2D eigenvalue weighted by atomic mass is 32.2. The molecule has 0 saturated heterocycles. The Hall–Kier alpha value is -1.31. The van der Waals surface area contributed by atoms with Crippen LogP contribution in [0.1, 0.15) is 11.3 Å². The van der Waals surface area contributed by atoms with Crippen LogP contribution < -0.4 is 5.46 Å². The van der Waals surface area contributed by atoms with Gasteiger partial charge in [-0.15, -0.1) is 11.8 Å². The zero-order valence-electron chi connectivity index (χ0n) is 10.7. The molecule has 0 saturated carbocycles. The Morgan fingerprint density at radius 2 is 2.11 bits per heavy atom. The van der Waals surface area contributed by atoms with Crippen molar-refractivity contribution in [1.29, 1.82) is 0 Å². The molecule has 0 radical (unpaired) electrons. The maximum absolute atomic E-state index is 13.8. The number of thioether (sulfide) groups is 1. The van der Waals surface area contributed by atoms with Crippen LogP contribution in [0.2, 0.25) is 0 Å². The summed E-state index contributed by atoms with van der Waals surface area (Å²) < 4.78 is 15.5. The Balaban J connectivity index is 2.10. The van der Waals surface area contributed by atoms with Gasteiger partial charge in [0, 0.05) is 12.8 Å². The standard InChI is InChI=1S/C12H14BFN2O2S/c1-8-5-12(16(2)15-8)19-7-9-3-4-10(13(17)18)6-11(9)14/h3-6,17-18H,7H2,1-2H3. The van der Waals surface area contributed by atoms with E-state index in [1.54, 1.807) is 10.7 Å².